The summed E-state index contributed by atoms with van der Waals surface area (Å²) in [5.41, 5.74) is 0.382. The van der Waals surface area contributed by atoms with Crippen LogP contribution in [0.3, 0.4) is 0 Å². The summed E-state index contributed by atoms with van der Waals surface area (Å²) in [6, 6.07) is 0.0946. The van der Waals surface area contributed by atoms with Gasteiger partial charge in [0.25, 0.3) is 0 Å². The predicted molar refractivity (Wildman–Crippen MR) is 74.5 cm³/mol. The summed E-state index contributed by atoms with van der Waals surface area (Å²) in [5.74, 6) is 0.343. The highest BCUT2D eigenvalue weighted by atomic mass is 16.2. The van der Waals surface area contributed by atoms with Crippen LogP contribution in [-0.4, -0.2) is 36.5 Å². The summed E-state index contributed by atoms with van der Waals surface area (Å²) in [4.78, 5) is 14.4. The Morgan fingerprint density at radius 2 is 2.06 bits per heavy atom. The van der Waals surface area contributed by atoms with E-state index in [-0.39, 0.29) is 6.04 Å². The van der Waals surface area contributed by atoms with Crippen LogP contribution < -0.4 is 5.32 Å². The Kier molecular flexibility index (Phi) is 4.66. The first-order chi connectivity index (χ1) is 8.64. The zero-order chi connectivity index (χ0) is 13.0. The Hall–Kier alpha value is -0.570. The van der Waals surface area contributed by atoms with Crippen LogP contribution in [0.15, 0.2) is 0 Å². The molecule has 1 aliphatic heterocycles. The average Bonchev–Trinajstić information content (AvgIpc) is 2.69. The molecule has 1 saturated carbocycles. The van der Waals surface area contributed by atoms with Crippen LogP contribution >= 0.6 is 0 Å². The van der Waals surface area contributed by atoms with Gasteiger partial charge in [-0.3, -0.25) is 4.79 Å². The molecule has 2 fully saturated rings. The maximum absolute atomic E-state index is 12.3. The minimum Gasteiger partial charge on any atom is -0.341 e. The number of carbonyl (C=O) groups excluding carboxylic acids is 1. The molecule has 2 rings (SSSR count). The van der Waals surface area contributed by atoms with Gasteiger partial charge in [-0.05, 0) is 37.6 Å². The average molecular weight is 252 g/mol. The minimum atomic E-state index is 0.0946. The van der Waals surface area contributed by atoms with Crippen molar-refractivity contribution in [1.82, 2.24) is 10.2 Å². The SMILES string of the molecule is CCCNC1CCN(CC2(C)CCCCC2)C1=O. The van der Waals surface area contributed by atoms with Gasteiger partial charge in [0.15, 0.2) is 0 Å². The Morgan fingerprint density at radius 3 is 2.72 bits per heavy atom. The van der Waals surface area contributed by atoms with Crippen molar-refractivity contribution >= 4 is 5.91 Å². The lowest BCUT2D eigenvalue weighted by Gasteiger charge is -2.37. The first kappa shape index (κ1) is 13.9. The van der Waals surface area contributed by atoms with E-state index in [1.54, 1.807) is 0 Å². The highest BCUT2D eigenvalue weighted by Gasteiger charge is 2.36. The molecule has 0 aromatic rings. The molecule has 0 aromatic heterocycles. The molecule has 1 heterocycles. The molecule has 1 atom stereocenters. The standard InChI is InChI=1S/C15H28N2O/c1-3-10-16-13-7-11-17(14(13)18)12-15(2)8-5-4-6-9-15/h13,16H,3-12H2,1-2H3. The van der Waals surface area contributed by atoms with Crippen molar-refractivity contribution in [3.8, 4) is 0 Å². The highest BCUT2D eigenvalue weighted by molar-refractivity contribution is 5.84. The van der Waals surface area contributed by atoms with E-state index in [9.17, 15) is 4.79 Å². The number of hydrogen-bond acceptors (Lipinski definition) is 2. The van der Waals surface area contributed by atoms with Crippen molar-refractivity contribution in [1.29, 1.82) is 0 Å². The molecule has 1 aliphatic carbocycles. The van der Waals surface area contributed by atoms with Gasteiger partial charge in [0.05, 0.1) is 6.04 Å². The maximum Gasteiger partial charge on any atom is 0.239 e. The van der Waals surface area contributed by atoms with Gasteiger partial charge < -0.3 is 10.2 Å². The van der Waals surface area contributed by atoms with Gasteiger partial charge in [0, 0.05) is 13.1 Å². The fourth-order valence-electron chi connectivity index (χ4n) is 3.43. The topological polar surface area (TPSA) is 32.3 Å². The molecule has 3 heteroatoms. The fraction of sp³-hybridized carbons (Fsp3) is 0.933. The Balaban J connectivity index is 1.85. The van der Waals surface area contributed by atoms with E-state index in [1.165, 1.54) is 32.1 Å². The molecule has 18 heavy (non-hydrogen) atoms. The second kappa shape index (κ2) is 6.05. The summed E-state index contributed by atoms with van der Waals surface area (Å²) in [7, 11) is 0. The number of nitrogens with one attached hydrogen (secondary N) is 1. The summed E-state index contributed by atoms with van der Waals surface area (Å²) < 4.78 is 0. The molecule has 0 spiro atoms. The quantitative estimate of drug-likeness (QED) is 0.815. The lowest BCUT2D eigenvalue weighted by atomic mass is 9.75. The van der Waals surface area contributed by atoms with E-state index in [1.807, 2.05) is 0 Å². The smallest absolute Gasteiger partial charge is 0.239 e. The van der Waals surface area contributed by atoms with Crippen LogP contribution in [0.2, 0.25) is 0 Å². The number of rotatable bonds is 5. The van der Waals surface area contributed by atoms with Gasteiger partial charge in [-0.1, -0.05) is 33.1 Å². The highest BCUT2D eigenvalue weighted by Crippen LogP contribution is 2.37. The van der Waals surface area contributed by atoms with Crippen LogP contribution in [0.4, 0.5) is 0 Å². The second-order valence-electron chi connectivity index (χ2n) is 6.43. The molecular weight excluding hydrogens is 224 g/mol. The number of nitrogens with zero attached hydrogens (tertiary/aromatic N) is 1. The number of carbonyl (C=O) groups is 1. The minimum absolute atomic E-state index is 0.0946. The molecule has 1 amide bonds. The van der Waals surface area contributed by atoms with E-state index in [0.717, 1.165) is 32.5 Å². The summed E-state index contributed by atoms with van der Waals surface area (Å²) in [6.45, 7) is 7.41. The van der Waals surface area contributed by atoms with Gasteiger partial charge >= 0.3 is 0 Å². The molecule has 0 bridgehead atoms. The Morgan fingerprint density at radius 1 is 1.33 bits per heavy atom. The van der Waals surface area contributed by atoms with Gasteiger partial charge in [0.1, 0.15) is 0 Å². The molecule has 104 valence electrons. The van der Waals surface area contributed by atoms with E-state index in [0.29, 0.717) is 11.3 Å². The number of amides is 1. The first-order valence-electron chi connectivity index (χ1n) is 7.67. The van der Waals surface area contributed by atoms with Crippen LogP contribution in [0.25, 0.3) is 0 Å². The number of hydrogen-bond donors (Lipinski definition) is 1. The first-order valence-corrected chi connectivity index (χ1v) is 7.67. The summed E-state index contributed by atoms with van der Waals surface area (Å²) >= 11 is 0. The van der Waals surface area contributed by atoms with Crippen molar-refractivity contribution in [2.24, 2.45) is 5.41 Å². The normalized spacial score (nSPS) is 27.8. The van der Waals surface area contributed by atoms with E-state index in [4.69, 9.17) is 0 Å². The van der Waals surface area contributed by atoms with Crippen LogP contribution in [0.5, 0.6) is 0 Å². The molecule has 2 aliphatic rings. The lowest BCUT2D eigenvalue weighted by Crippen LogP contribution is -2.43. The van der Waals surface area contributed by atoms with Crippen molar-refractivity contribution in [2.75, 3.05) is 19.6 Å². The summed E-state index contributed by atoms with van der Waals surface area (Å²) in [5, 5.41) is 3.37. The fourth-order valence-corrected chi connectivity index (χ4v) is 3.43. The van der Waals surface area contributed by atoms with Crippen molar-refractivity contribution in [3.63, 3.8) is 0 Å². The molecule has 0 radical (unpaired) electrons. The van der Waals surface area contributed by atoms with Crippen molar-refractivity contribution < 1.29 is 4.79 Å². The van der Waals surface area contributed by atoms with E-state index >= 15 is 0 Å². The van der Waals surface area contributed by atoms with E-state index in [2.05, 4.69) is 24.1 Å². The second-order valence-corrected chi connectivity index (χ2v) is 6.43. The van der Waals surface area contributed by atoms with Crippen molar-refractivity contribution in [3.05, 3.63) is 0 Å². The van der Waals surface area contributed by atoms with Crippen LogP contribution in [-0.2, 0) is 4.79 Å². The summed E-state index contributed by atoms with van der Waals surface area (Å²) in [6.07, 6.45) is 8.75. The zero-order valence-corrected chi connectivity index (χ0v) is 12.0. The third kappa shape index (κ3) is 3.25. The maximum atomic E-state index is 12.3. The Labute approximate surface area is 111 Å². The van der Waals surface area contributed by atoms with Crippen LogP contribution in [0, 0.1) is 5.41 Å². The van der Waals surface area contributed by atoms with Gasteiger partial charge in [-0.2, -0.15) is 0 Å². The third-order valence-corrected chi connectivity index (χ3v) is 4.57. The van der Waals surface area contributed by atoms with Gasteiger partial charge in [-0.15, -0.1) is 0 Å². The van der Waals surface area contributed by atoms with E-state index < -0.39 is 0 Å². The largest absolute Gasteiger partial charge is 0.341 e. The van der Waals surface area contributed by atoms with Gasteiger partial charge in [-0.25, -0.2) is 0 Å². The van der Waals surface area contributed by atoms with Crippen LogP contribution in [0.1, 0.15) is 58.8 Å². The molecule has 1 unspecified atom stereocenters. The molecule has 1 N–H and O–H groups in total. The van der Waals surface area contributed by atoms with Crippen molar-refractivity contribution in [2.45, 2.75) is 64.8 Å². The number of likely N-dealkylation sites (tertiary alicyclic amines) is 1. The monoisotopic (exact) mass is 252 g/mol. The molecule has 0 aromatic carbocycles. The molecular formula is C15H28N2O. The molecule has 3 nitrogen and oxygen atoms in total. The predicted octanol–water partition coefficient (Wildman–Crippen LogP) is 2.56. The Bertz CT molecular complexity index is 284. The third-order valence-electron chi connectivity index (χ3n) is 4.57. The molecule has 1 saturated heterocycles. The van der Waals surface area contributed by atoms with Gasteiger partial charge in [0.2, 0.25) is 5.91 Å². The zero-order valence-electron chi connectivity index (χ0n) is 12.0. The lowest BCUT2D eigenvalue weighted by molar-refractivity contribution is -0.131.